The molecule has 0 saturated carbocycles. The van der Waals surface area contributed by atoms with E-state index in [0.717, 1.165) is 54.0 Å². The molecule has 4 heterocycles. The van der Waals surface area contributed by atoms with Gasteiger partial charge in [-0.05, 0) is 55.7 Å². The number of ether oxygens (including phenoxy) is 1. The quantitative estimate of drug-likeness (QED) is 0.380. The summed E-state index contributed by atoms with van der Waals surface area (Å²) in [5, 5.41) is 19.1. The number of aromatic nitrogens is 4. The number of hydrogen-bond acceptors (Lipinski definition) is 5. The van der Waals surface area contributed by atoms with Crippen LogP contribution in [0, 0.1) is 18.3 Å². The maximum absolute atomic E-state index is 9.61. The highest BCUT2D eigenvalue weighted by atomic mass is 16.5. The van der Waals surface area contributed by atoms with Gasteiger partial charge < -0.3 is 10.1 Å². The van der Waals surface area contributed by atoms with Gasteiger partial charge in [0, 0.05) is 42.5 Å². The first-order valence-electron chi connectivity index (χ1n) is 12.0. The molecule has 7 heteroatoms. The standard InChI is InChI=1S/C28H26N6O/c1-19-16-23-22(17-29)8-5-9-25(23)33(19)28-31-27(30-18-20-6-3-2-4-7-20)26-11-10-24(34(26)32-28)21-12-14-35-15-13-21/h2-11,16,21H,12-15,18H2,1H3,(H,30,31,32). The zero-order chi connectivity index (χ0) is 23.8. The number of anilines is 1. The van der Waals surface area contributed by atoms with E-state index in [1.54, 1.807) is 0 Å². The lowest BCUT2D eigenvalue weighted by atomic mass is 9.97. The van der Waals surface area contributed by atoms with E-state index in [1.165, 1.54) is 11.3 Å². The molecule has 3 aromatic heterocycles. The SMILES string of the molecule is Cc1cc2c(C#N)cccc2n1-c1nc(NCc2ccccc2)c2ccc(C3CCOCC3)n2n1. The van der Waals surface area contributed by atoms with E-state index in [9.17, 15) is 5.26 Å². The number of nitrogens with zero attached hydrogens (tertiary/aromatic N) is 5. The minimum atomic E-state index is 0.392. The van der Waals surface area contributed by atoms with Crippen molar-refractivity contribution in [1.82, 2.24) is 19.2 Å². The predicted octanol–water partition coefficient (Wildman–Crippen LogP) is 5.36. The normalized spacial score (nSPS) is 14.4. The van der Waals surface area contributed by atoms with Gasteiger partial charge in [0.15, 0.2) is 5.82 Å². The summed E-state index contributed by atoms with van der Waals surface area (Å²) in [4.78, 5) is 5.00. The summed E-state index contributed by atoms with van der Waals surface area (Å²) in [5.74, 6) is 1.76. The van der Waals surface area contributed by atoms with Crippen molar-refractivity contribution < 1.29 is 4.74 Å². The van der Waals surface area contributed by atoms with Crippen LogP contribution in [-0.2, 0) is 11.3 Å². The van der Waals surface area contributed by atoms with Gasteiger partial charge in [-0.2, -0.15) is 10.2 Å². The molecule has 2 aromatic carbocycles. The van der Waals surface area contributed by atoms with E-state index < -0.39 is 0 Å². The van der Waals surface area contributed by atoms with Gasteiger partial charge in [-0.1, -0.05) is 36.4 Å². The average Bonchev–Trinajstić information content (AvgIpc) is 3.48. The second kappa shape index (κ2) is 8.90. The molecule has 0 bridgehead atoms. The number of hydrogen-bond donors (Lipinski definition) is 1. The van der Waals surface area contributed by atoms with Gasteiger partial charge in [0.1, 0.15) is 5.52 Å². The highest BCUT2D eigenvalue weighted by molar-refractivity contribution is 5.88. The molecule has 0 atom stereocenters. The minimum Gasteiger partial charge on any atom is -0.381 e. The smallest absolute Gasteiger partial charge is 0.254 e. The van der Waals surface area contributed by atoms with Gasteiger partial charge in [0.2, 0.25) is 0 Å². The number of nitriles is 1. The first-order chi connectivity index (χ1) is 17.2. The van der Waals surface area contributed by atoms with Gasteiger partial charge in [0.25, 0.3) is 5.95 Å². The number of fused-ring (bicyclic) bond motifs is 2. The Labute approximate surface area is 203 Å². The summed E-state index contributed by atoms with van der Waals surface area (Å²) in [6.45, 7) is 4.23. The summed E-state index contributed by atoms with van der Waals surface area (Å²) in [5.41, 5.74) is 5.88. The first-order valence-corrected chi connectivity index (χ1v) is 12.0. The van der Waals surface area contributed by atoms with Crippen molar-refractivity contribution in [1.29, 1.82) is 5.26 Å². The molecule has 7 nitrogen and oxygen atoms in total. The largest absolute Gasteiger partial charge is 0.381 e. The number of benzene rings is 2. The molecular weight excluding hydrogens is 436 g/mol. The molecule has 35 heavy (non-hydrogen) atoms. The highest BCUT2D eigenvalue weighted by Gasteiger charge is 2.22. The Morgan fingerprint density at radius 2 is 1.86 bits per heavy atom. The summed E-state index contributed by atoms with van der Waals surface area (Å²) in [6, 6.07) is 24.7. The fourth-order valence-corrected chi connectivity index (χ4v) is 5.04. The van der Waals surface area contributed by atoms with E-state index in [-0.39, 0.29) is 0 Å². The van der Waals surface area contributed by atoms with E-state index >= 15 is 0 Å². The van der Waals surface area contributed by atoms with Crippen LogP contribution in [-0.4, -0.2) is 32.4 Å². The van der Waals surface area contributed by atoms with Crippen LogP contribution in [0.25, 0.3) is 22.4 Å². The van der Waals surface area contributed by atoms with E-state index in [2.05, 4.69) is 35.7 Å². The van der Waals surface area contributed by atoms with Crippen molar-refractivity contribution in [3.8, 4) is 12.0 Å². The first kappa shape index (κ1) is 21.4. The van der Waals surface area contributed by atoms with Crippen molar-refractivity contribution in [2.75, 3.05) is 18.5 Å². The van der Waals surface area contributed by atoms with Crippen molar-refractivity contribution in [2.24, 2.45) is 0 Å². The summed E-state index contributed by atoms with van der Waals surface area (Å²) in [7, 11) is 0. The zero-order valence-electron chi connectivity index (χ0n) is 19.6. The van der Waals surface area contributed by atoms with Crippen LogP contribution in [0.1, 0.15) is 41.3 Å². The van der Waals surface area contributed by atoms with Gasteiger partial charge in [0.05, 0.1) is 17.1 Å². The van der Waals surface area contributed by atoms with Gasteiger partial charge in [-0.3, -0.25) is 4.57 Å². The van der Waals surface area contributed by atoms with Crippen LogP contribution >= 0.6 is 0 Å². The van der Waals surface area contributed by atoms with Crippen LogP contribution in [0.4, 0.5) is 5.82 Å². The van der Waals surface area contributed by atoms with Crippen LogP contribution in [0.5, 0.6) is 0 Å². The molecule has 0 unspecified atom stereocenters. The average molecular weight is 463 g/mol. The Bertz CT molecular complexity index is 1550. The molecule has 1 fully saturated rings. The van der Waals surface area contributed by atoms with Crippen LogP contribution in [0.3, 0.4) is 0 Å². The van der Waals surface area contributed by atoms with Gasteiger partial charge >= 0.3 is 0 Å². The predicted molar refractivity (Wildman–Crippen MR) is 136 cm³/mol. The number of nitrogens with one attached hydrogen (secondary N) is 1. The Hall–Kier alpha value is -4.15. The molecule has 1 N–H and O–H groups in total. The van der Waals surface area contributed by atoms with E-state index in [0.29, 0.717) is 24.0 Å². The maximum atomic E-state index is 9.61. The molecule has 0 amide bonds. The Morgan fingerprint density at radius 1 is 1.03 bits per heavy atom. The molecule has 1 aliphatic rings. The summed E-state index contributed by atoms with van der Waals surface area (Å²) < 4.78 is 9.69. The fraction of sp³-hybridized carbons (Fsp3) is 0.250. The van der Waals surface area contributed by atoms with E-state index in [1.807, 2.05) is 58.5 Å². The van der Waals surface area contributed by atoms with Crippen molar-refractivity contribution in [2.45, 2.75) is 32.2 Å². The monoisotopic (exact) mass is 462 g/mol. The highest BCUT2D eigenvalue weighted by Crippen LogP contribution is 2.31. The summed E-state index contributed by atoms with van der Waals surface area (Å²) >= 11 is 0. The lowest BCUT2D eigenvalue weighted by Gasteiger charge is -2.22. The Balaban J connectivity index is 1.52. The zero-order valence-corrected chi connectivity index (χ0v) is 19.6. The lowest BCUT2D eigenvalue weighted by Crippen LogP contribution is -2.18. The lowest BCUT2D eigenvalue weighted by molar-refractivity contribution is 0.0841. The van der Waals surface area contributed by atoms with Crippen LogP contribution < -0.4 is 5.32 Å². The Kier molecular flexibility index (Phi) is 5.44. The van der Waals surface area contributed by atoms with Gasteiger partial charge in [-0.15, -0.1) is 5.10 Å². The van der Waals surface area contributed by atoms with Crippen LogP contribution in [0.15, 0.2) is 66.7 Å². The molecule has 174 valence electrons. The minimum absolute atomic E-state index is 0.392. The molecule has 1 saturated heterocycles. The number of rotatable bonds is 5. The third-order valence-corrected chi connectivity index (χ3v) is 6.82. The molecule has 0 radical (unpaired) electrons. The molecule has 0 spiro atoms. The number of aryl methyl sites for hydroxylation is 1. The van der Waals surface area contributed by atoms with Gasteiger partial charge in [-0.25, -0.2) is 4.52 Å². The third-order valence-electron chi connectivity index (χ3n) is 6.82. The second-order valence-electron chi connectivity index (χ2n) is 9.01. The summed E-state index contributed by atoms with van der Waals surface area (Å²) in [6.07, 6.45) is 1.96. The Morgan fingerprint density at radius 3 is 2.66 bits per heavy atom. The molecule has 5 aromatic rings. The van der Waals surface area contributed by atoms with Crippen molar-refractivity contribution in [3.05, 3.63) is 89.2 Å². The fourth-order valence-electron chi connectivity index (χ4n) is 5.04. The van der Waals surface area contributed by atoms with E-state index in [4.69, 9.17) is 14.8 Å². The molecule has 6 rings (SSSR count). The third kappa shape index (κ3) is 3.82. The van der Waals surface area contributed by atoms with Crippen molar-refractivity contribution >= 4 is 22.2 Å². The van der Waals surface area contributed by atoms with Crippen LogP contribution in [0.2, 0.25) is 0 Å². The second-order valence-corrected chi connectivity index (χ2v) is 9.01. The van der Waals surface area contributed by atoms with Crippen molar-refractivity contribution in [3.63, 3.8) is 0 Å². The topological polar surface area (TPSA) is 80.2 Å². The molecule has 1 aliphatic heterocycles. The maximum Gasteiger partial charge on any atom is 0.254 e. The molecular formula is C28H26N6O. The molecule has 0 aliphatic carbocycles.